The lowest BCUT2D eigenvalue weighted by atomic mass is 10.1. The molecule has 0 spiro atoms. The van der Waals surface area contributed by atoms with Crippen LogP contribution in [-0.2, 0) is 6.54 Å². The molecule has 0 amide bonds. The highest BCUT2D eigenvalue weighted by atomic mass is 15.0. The van der Waals surface area contributed by atoms with Crippen molar-refractivity contribution in [2.24, 2.45) is 5.73 Å². The molecule has 0 saturated heterocycles. The molecule has 4 heteroatoms. The van der Waals surface area contributed by atoms with Crippen LogP contribution in [0, 0.1) is 0 Å². The quantitative estimate of drug-likeness (QED) is 0.846. The zero-order valence-electron chi connectivity index (χ0n) is 9.37. The number of hydrogen-bond acceptors (Lipinski definition) is 3. The Morgan fingerprint density at radius 3 is 2.81 bits per heavy atom. The van der Waals surface area contributed by atoms with Crippen LogP contribution in [0.4, 0.5) is 0 Å². The summed E-state index contributed by atoms with van der Waals surface area (Å²) in [5.41, 5.74) is 7.12. The van der Waals surface area contributed by atoms with E-state index in [0.717, 1.165) is 12.2 Å². The zero-order valence-corrected chi connectivity index (χ0v) is 9.37. The second-order valence-corrected chi connectivity index (χ2v) is 3.80. The standard InChI is InChI=1S/C12H16N4/c1-2-11(13)10-4-7-16(8-10)9-12-14-5-3-6-15-12/h3-8,11H,2,9,13H2,1H3. The van der Waals surface area contributed by atoms with Crippen LogP contribution < -0.4 is 5.73 Å². The van der Waals surface area contributed by atoms with E-state index in [4.69, 9.17) is 5.73 Å². The molecule has 0 radical (unpaired) electrons. The predicted molar refractivity (Wildman–Crippen MR) is 62.8 cm³/mol. The van der Waals surface area contributed by atoms with Gasteiger partial charge in [-0.25, -0.2) is 9.97 Å². The van der Waals surface area contributed by atoms with Gasteiger partial charge in [0.1, 0.15) is 5.82 Å². The Morgan fingerprint density at radius 2 is 2.12 bits per heavy atom. The maximum absolute atomic E-state index is 5.96. The van der Waals surface area contributed by atoms with Crippen LogP contribution in [0.5, 0.6) is 0 Å². The molecule has 0 saturated carbocycles. The maximum atomic E-state index is 5.96. The highest BCUT2D eigenvalue weighted by Gasteiger charge is 2.05. The lowest BCUT2D eigenvalue weighted by molar-refractivity contribution is 0.688. The van der Waals surface area contributed by atoms with Gasteiger partial charge >= 0.3 is 0 Å². The normalized spacial score (nSPS) is 12.6. The van der Waals surface area contributed by atoms with Crippen molar-refractivity contribution in [3.63, 3.8) is 0 Å². The Labute approximate surface area is 95.1 Å². The average molecular weight is 216 g/mol. The van der Waals surface area contributed by atoms with Crippen LogP contribution in [0.1, 0.15) is 30.8 Å². The summed E-state index contributed by atoms with van der Waals surface area (Å²) in [5.74, 6) is 0.815. The van der Waals surface area contributed by atoms with E-state index >= 15 is 0 Å². The molecule has 0 aliphatic carbocycles. The minimum Gasteiger partial charge on any atom is -0.346 e. The van der Waals surface area contributed by atoms with Gasteiger partial charge in [-0.05, 0) is 24.1 Å². The lowest BCUT2D eigenvalue weighted by Crippen LogP contribution is -2.07. The summed E-state index contributed by atoms with van der Waals surface area (Å²) in [4.78, 5) is 8.37. The second-order valence-electron chi connectivity index (χ2n) is 3.80. The van der Waals surface area contributed by atoms with Crippen molar-refractivity contribution in [3.05, 3.63) is 48.3 Å². The van der Waals surface area contributed by atoms with Gasteiger partial charge in [0.05, 0.1) is 6.54 Å². The lowest BCUT2D eigenvalue weighted by Gasteiger charge is -2.05. The second kappa shape index (κ2) is 4.90. The van der Waals surface area contributed by atoms with E-state index in [-0.39, 0.29) is 6.04 Å². The van der Waals surface area contributed by atoms with E-state index in [1.54, 1.807) is 12.4 Å². The van der Waals surface area contributed by atoms with Gasteiger partial charge in [-0.15, -0.1) is 0 Å². The predicted octanol–water partition coefficient (Wildman–Crippen LogP) is 1.74. The first-order chi connectivity index (χ1) is 7.79. The van der Waals surface area contributed by atoms with Crippen molar-refractivity contribution < 1.29 is 0 Å². The van der Waals surface area contributed by atoms with Crippen LogP contribution in [0.25, 0.3) is 0 Å². The Bertz CT molecular complexity index is 435. The summed E-state index contributed by atoms with van der Waals surface area (Å²) in [7, 11) is 0. The summed E-state index contributed by atoms with van der Waals surface area (Å²) in [5, 5.41) is 0. The first-order valence-corrected chi connectivity index (χ1v) is 5.46. The molecule has 2 aromatic rings. The highest BCUT2D eigenvalue weighted by molar-refractivity contribution is 5.15. The summed E-state index contributed by atoms with van der Waals surface area (Å²) < 4.78 is 2.06. The molecular weight excluding hydrogens is 200 g/mol. The molecule has 1 atom stereocenters. The molecule has 2 rings (SSSR count). The zero-order chi connectivity index (χ0) is 11.4. The third-order valence-corrected chi connectivity index (χ3v) is 2.58. The van der Waals surface area contributed by atoms with Crippen molar-refractivity contribution in [2.75, 3.05) is 0 Å². The molecular formula is C12H16N4. The van der Waals surface area contributed by atoms with E-state index in [0.29, 0.717) is 6.54 Å². The van der Waals surface area contributed by atoms with Crippen molar-refractivity contribution >= 4 is 0 Å². The van der Waals surface area contributed by atoms with Crippen LogP contribution in [-0.4, -0.2) is 14.5 Å². The Hall–Kier alpha value is -1.68. The third-order valence-electron chi connectivity index (χ3n) is 2.58. The third kappa shape index (κ3) is 2.46. The topological polar surface area (TPSA) is 56.7 Å². The molecule has 4 nitrogen and oxygen atoms in total. The number of nitrogens with two attached hydrogens (primary N) is 1. The van der Waals surface area contributed by atoms with Gasteiger partial charge in [0, 0.05) is 30.8 Å². The monoisotopic (exact) mass is 216 g/mol. The van der Waals surface area contributed by atoms with Crippen molar-refractivity contribution in [3.8, 4) is 0 Å². The van der Waals surface area contributed by atoms with E-state index in [1.807, 2.05) is 12.3 Å². The molecule has 0 aromatic carbocycles. The fourth-order valence-corrected chi connectivity index (χ4v) is 1.59. The number of nitrogens with zero attached hydrogens (tertiary/aromatic N) is 3. The Balaban J connectivity index is 2.09. The van der Waals surface area contributed by atoms with Gasteiger partial charge in [-0.1, -0.05) is 6.92 Å². The highest BCUT2D eigenvalue weighted by Crippen LogP contribution is 2.14. The van der Waals surface area contributed by atoms with Crippen LogP contribution >= 0.6 is 0 Å². The summed E-state index contributed by atoms with van der Waals surface area (Å²) in [6.07, 6.45) is 8.53. The first-order valence-electron chi connectivity index (χ1n) is 5.46. The van der Waals surface area contributed by atoms with Gasteiger partial charge in [-0.2, -0.15) is 0 Å². The molecule has 0 aliphatic heterocycles. The number of aromatic nitrogens is 3. The summed E-state index contributed by atoms with van der Waals surface area (Å²) in [6, 6.07) is 3.99. The SMILES string of the molecule is CCC(N)c1ccn(Cc2ncccn2)c1. The maximum Gasteiger partial charge on any atom is 0.147 e. The molecule has 2 heterocycles. The van der Waals surface area contributed by atoms with E-state index in [9.17, 15) is 0 Å². The van der Waals surface area contributed by atoms with E-state index in [1.165, 1.54) is 5.56 Å². The smallest absolute Gasteiger partial charge is 0.147 e. The fraction of sp³-hybridized carbons (Fsp3) is 0.333. The molecule has 0 aliphatic rings. The van der Waals surface area contributed by atoms with E-state index < -0.39 is 0 Å². The van der Waals surface area contributed by atoms with Crippen molar-refractivity contribution in [1.82, 2.24) is 14.5 Å². The first kappa shape index (κ1) is 10.8. The van der Waals surface area contributed by atoms with Gasteiger partial charge < -0.3 is 10.3 Å². The Morgan fingerprint density at radius 1 is 1.38 bits per heavy atom. The molecule has 2 aromatic heterocycles. The van der Waals surface area contributed by atoms with Crippen molar-refractivity contribution in [2.45, 2.75) is 25.9 Å². The van der Waals surface area contributed by atoms with Crippen molar-refractivity contribution in [1.29, 1.82) is 0 Å². The average Bonchev–Trinajstić information content (AvgIpc) is 2.78. The number of hydrogen-bond donors (Lipinski definition) is 1. The number of rotatable bonds is 4. The minimum absolute atomic E-state index is 0.123. The largest absolute Gasteiger partial charge is 0.346 e. The van der Waals surface area contributed by atoms with E-state index in [2.05, 4.69) is 33.7 Å². The molecule has 0 bridgehead atoms. The summed E-state index contributed by atoms with van der Waals surface area (Å²) >= 11 is 0. The van der Waals surface area contributed by atoms with Crippen LogP contribution in [0.15, 0.2) is 36.9 Å². The van der Waals surface area contributed by atoms with Gasteiger partial charge in [0.25, 0.3) is 0 Å². The van der Waals surface area contributed by atoms with Gasteiger partial charge in [-0.3, -0.25) is 0 Å². The summed E-state index contributed by atoms with van der Waals surface area (Å²) in [6.45, 7) is 2.78. The van der Waals surface area contributed by atoms with Gasteiger partial charge in [0.2, 0.25) is 0 Å². The van der Waals surface area contributed by atoms with Crippen LogP contribution in [0.2, 0.25) is 0 Å². The minimum atomic E-state index is 0.123. The molecule has 1 unspecified atom stereocenters. The molecule has 0 fully saturated rings. The fourth-order valence-electron chi connectivity index (χ4n) is 1.59. The van der Waals surface area contributed by atoms with Gasteiger partial charge in [0.15, 0.2) is 0 Å². The molecule has 84 valence electrons. The molecule has 16 heavy (non-hydrogen) atoms. The van der Waals surface area contributed by atoms with Crippen LogP contribution in [0.3, 0.4) is 0 Å². The Kier molecular flexibility index (Phi) is 3.31. The molecule has 2 N–H and O–H groups in total.